The quantitative estimate of drug-likeness (QED) is 0.696. The summed E-state index contributed by atoms with van der Waals surface area (Å²) in [6.07, 6.45) is 1.85. The molecule has 88 valence electrons. The first-order valence-electron chi connectivity index (χ1n) is 4.65. The minimum atomic E-state index is -0.621. The van der Waals surface area contributed by atoms with E-state index in [1.165, 1.54) is 7.11 Å². The third-order valence-corrected chi connectivity index (χ3v) is 2.30. The first-order valence-corrected chi connectivity index (χ1v) is 6.05. The topological polar surface area (TPSA) is 64.6 Å². The predicted octanol–water partition coefficient (Wildman–Crippen LogP) is 1.03. The van der Waals surface area contributed by atoms with Crippen LogP contribution in [0.3, 0.4) is 0 Å². The van der Waals surface area contributed by atoms with Crippen molar-refractivity contribution in [2.75, 3.05) is 25.7 Å². The first kappa shape index (κ1) is 14.1. The van der Waals surface area contributed by atoms with Crippen molar-refractivity contribution in [1.29, 1.82) is 0 Å². The Morgan fingerprint density at radius 3 is 2.60 bits per heavy atom. The summed E-state index contributed by atoms with van der Waals surface area (Å²) >= 11 is 1.60. The van der Waals surface area contributed by atoms with Gasteiger partial charge in [0.1, 0.15) is 6.04 Å². The van der Waals surface area contributed by atoms with Crippen molar-refractivity contribution >= 4 is 23.8 Å². The van der Waals surface area contributed by atoms with Gasteiger partial charge in [-0.2, -0.15) is 11.8 Å². The molecular weight excluding hydrogens is 218 g/mol. The van der Waals surface area contributed by atoms with Crippen LogP contribution in [0.4, 0.5) is 4.79 Å². The molecule has 1 atom stereocenters. The number of nitrogens with one attached hydrogen (secondary N) is 1. The molecule has 0 bridgehead atoms. The van der Waals surface area contributed by atoms with Crippen LogP contribution in [0, 0.1) is 0 Å². The first-order chi connectivity index (χ1) is 7.15. The number of methoxy groups -OCH3 is 1. The smallest absolute Gasteiger partial charge is 0.407 e. The molecule has 0 aromatic heterocycles. The second-order valence-electron chi connectivity index (χ2n) is 2.72. The standard InChI is InChI=1S/C9H17NO4S/c1-4-14-8(11)7(5-6-15-3)10-9(12)13-2/h7H,4-6H2,1-3H3,(H,10,12)/t7-/m0/s1. The van der Waals surface area contributed by atoms with Crippen molar-refractivity contribution in [3.8, 4) is 0 Å². The molecule has 0 aliphatic rings. The highest BCUT2D eigenvalue weighted by Gasteiger charge is 2.21. The van der Waals surface area contributed by atoms with E-state index in [4.69, 9.17) is 4.74 Å². The van der Waals surface area contributed by atoms with Crippen molar-refractivity contribution in [2.24, 2.45) is 0 Å². The van der Waals surface area contributed by atoms with E-state index >= 15 is 0 Å². The number of esters is 1. The zero-order valence-corrected chi connectivity index (χ0v) is 10.1. The van der Waals surface area contributed by atoms with Gasteiger partial charge >= 0.3 is 12.1 Å². The molecule has 15 heavy (non-hydrogen) atoms. The molecular formula is C9H17NO4S. The van der Waals surface area contributed by atoms with Gasteiger partial charge in [-0.1, -0.05) is 0 Å². The molecule has 0 spiro atoms. The van der Waals surface area contributed by atoms with Gasteiger partial charge in [-0.05, 0) is 25.4 Å². The molecule has 0 saturated carbocycles. The Hall–Kier alpha value is -0.910. The monoisotopic (exact) mass is 235 g/mol. The number of alkyl carbamates (subject to hydrolysis) is 1. The molecule has 1 amide bonds. The molecule has 0 heterocycles. The number of rotatable bonds is 6. The largest absolute Gasteiger partial charge is 0.464 e. The lowest BCUT2D eigenvalue weighted by Crippen LogP contribution is -2.42. The Bertz CT molecular complexity index is 210. The highest BCUT2D eigenvalue weighted by atomic mass is 32.2. The van der Waals surface area contributed by atoms with Crippen molar-refractivity contribution < 1.29 is 19.1 Å². The van der Waals surface area contributed by atoms with Gasteiger partial charge in [0, 0.05) is 0 Å². The molecule has 0 radical (unpaired) electrons. The summed E-state index contributed by atoms with van der Waals surface area (Å²) in [5, 5.41) is 2.44. The van der Waals surface area contributed by atoms with Gasteiger partial charge in [0.2, 0.25) is 0 Å². The number of hydrogen-bond acceptors (Lipinski definition) is 5. The maximum Gasteiger partial charge on any atom is 0.407 e. The zero-order valence-electron chi connectivity index (χ0n) is 9.24. The Labute approximate surface area is 93.9 Å². The number of amides is 1. The van der Waals surface area contributed by atoms with Crippen LogP contribution in [0.2, 0.25) is 0 Å². The highest BCUT2D eigenvalue weighted by Crippen LogP contribution is 2.03. The Balaban J connectivity index is 4.16. The second-order valence-corrected chi connectivity index (χ2v) is 3.71. The summed E-state index contributed by atoms with van der Waals surface area (Å²) in [4.78, 5) is 22.3. The highest BCUT2D eigenvalue weighted by molar-refractivity contribution is 7.98. The minimum Gasteiger partial charge on any atom is -0.464 e. The van der Waals surface area contributed by atoms with E-state index in [0.29, 0.717) is 13.0 Å². The van der Waals surface area contributed by atoms with Crippen molar-refractivity contribution in [3.63, 3.8) is 0 Å². The number of carbonyl (C=O) groups excluding carboxylic acids is 2. The summed E-state index contributed by atoms with van der Waals surface area (Å²) < 4.78 is 9.25. The van der Waals surface area contributed by atoms with Crippen molar-refractivity contribution in [3.05, 3.63) is 0 Å². The second kappa shape index (κ2) is 8.40. The fourth-order valence-electron chi connectivity index (χ4n) is 0.929. The lowest BCUT2D eigenvalue weighted by Gasteiger charge is -2.15. The van der Waals surface area contributed by atoms with Crippen molar-refractivity contribution in [1.82, 2.24) is 5.32 Å². The minimum absolute atomic E-state index is 0.303. The summed E-state index contributed by atoms with van der Waals surface area (Å²) in [5.74, 6) is 0.352. The lowest BCUT2D eigenvalue weighted by molar-refractivity contribution is -0.145. The van der Waals surface area contributed by atoms with Crippen molar-refractivity contribution in [2.45, 2.75) is 19.4 Å². The molecule has 0 aliphatic heterocycles. The number of carbonyl (C=O) groups is 2. The molecule has 0 saturated heterocycles. The van der Waals surface area contributed by atoms with Gasteiger partial charge in [-0.3, -0.25) is 0 Å². The predicted molar refractivity (Wildman–Crippen MR) is 59.0 cm³/mol. The molecule has 0 aromatic carbocycles. The molecule has 6 heteroatoms. The van der Waals surface area contributed by atoms with Crippen LogP contribution in [0.5, 0.6) is 0 Å². The normalized spacial score (nSPS) is 11.7. The van der Waals surface area contributed by atoms with E-state index in [9.17, 15) is 9.59 Å². The Morgan fingerprint density at radius 1 is 1.47 bits per heavy atom. The molecule has 0 rings (SSSR count). The number of ether oxygens (including phenoxy) is 2. The average molecular weight is 235 g/mol. The third kappa shape index (κ3) is 6.22. The maximum absolute atomic E-state index is 11.4. The van der Waals surface area contributed by atoms with Crippen LogP contribution < -0.4 is 5.32 Å². The molecule has 0 unspecified atom stereocenters. The van der Waals surface area contributed by atoms with E-state index in [2.05, 4.69) is 10.1 Å². The summed E-state index contributed by atoms with van der Waals surface area (Å²) in [6.45, 7) is 2.03. The molecule has 0 fully saturated rings. The number of hydrogen-bond donors (Lipinski definition) is 1. The van der Waals surface area contributed by atoms with Crippen LogP contribution in [0.15, 0.2) is 0 Å². The van der Waals surface area contributed by atoms with Crippen LogP contribution in [0.25, 0.3) is 0 Å². The van der Waals surface area contributed by atoms with Gasteiger partial charge in [0.05, 0.1) is 13.7 Å². The van der Waals surface area contributed by atoms with Crippen LogP contribution in [-0.2, 0) is 14.3 Å². The van der Waals surface area contributed by atoms with Gasteiger partial charge < -0.3 is 14.8 Å². The summed E-state index contributed by atoms with van der Waals surface area (Å²) in [5.41, 5.74) is 0. The fraction of sp³-hybridized carbons (Fsp3) is 0.778. The average Bonchev–Trinajstić information content (AvgIpc) is 2.24. The number of thioether (sulfide) groups is 1. The molecule has 1 N–H and O–H groups in total. The van der Waals surface area contributed by atoms with E-state index in [0.717, 1.165) is 5.75 Å². The van der Waals surface area contributed by atoms with E-state index in [1.807, 2.05) is 6.26 Å². The van der Waals surface area contributed by atoms with E-state index < -0.39 is 18.1 Å². The van der Waals surface area contributed by atoms with E-state index in [1.54, 1.807) is 18.7 Å². The third-order valence-electron chi connectivity index (χ3n) is 1.66. The van der Waals surface area contributed by atoms with Gasteiger partial charge in [0.25, 0.3) is 0 Å². The van der Waals surface area contributed by atoms with Gasteiger partial charge in [-0.15, -0.1) is 0 Å². The van der Waals surface area contributed by atoms with Crippen LogP contribution in [0.1, 0.15) is 13.3 Å². The van der Waals surface area contributed by atoms with Gasteiger partial charge in [-0.25, -0.2) is 9.59 Å². The fourth-order valence-corrected chi connectivity index (χ4v) is 1.40. The zero-order chi connectivity index (χ0) is 11.7. The lowest BCUT2D eigenvalue weighted by atomic mass is 10.2. The Kier molecular flexibility index (Phi) is 7.89. The van der Waals surface area contributed by atoms with E-state index in [-0.39, 0.29) is 0 Å². The maximum atomic E-state index is 11.4. The SMILES string of the molecule is CCOC(=O)[C@H](CCSC)NC(=O)OC. The van der Waals surface area contributed by atoms with Crippen LogP contribution >= 0.6 is 11.8 Å². The Morgan fingerprint density at radius 2 is 2.13 bits per heavy atom. The molecule has 0 aliphatic carbocycles. The summed E-state index contributed by atoms with van der Waals surface area (Å²) in [6, 6.07) is -0.621. The molecule has 0 aromatic rings. The van der Waals surface area contributed by atoms with Gasteiger partial charge in [0.15, 0.2) is 0 Å². The summed E-state index contributed by atoms with van der Waals surface area (Å²) in [7, 11) is 1.26. The molecule has 5 nitrogen and oxygen atoms in total. The van der Waals surface area contributed by atoms with Crippen LogP contribution in [-0.4, -0.2) is 43.8 Å².